The Bertz CT molecular complexity index is 1930. The van der Waals surface area contributed by atoms with E-state index in [4.69, 9.17) is 13.9 Å². The number of hydrogen-bond acceptors (Lipinski definition) is 9. The Morgan fingerprint density at radius 3 is 2.32 bits per heavy atom. The van der Waals surface area contributed by atoms with Crippen LogP contribution < -0.4 is 11.1 Å². The summed E-state index contributed by atoms with van der Waals surface area (Å²) < 4.78 is 17.9. The first-order valence-electron chi connectivity index (χ1n) is 20.3. The maximum absolute atomic E-state index is 13.8. The molecule has 0 bridgehead atoms. The Kier molecular flexibility index (Phi) is 14.8. The zero-order chi connectivity index (χ0) is 39.9. The first kappa shape index (κ1) is 43.3. The van der Waals surface area contributed by atoms with Crippen molar-refractivity contribution in [3.63, 3.8) is 0 Å². The number of urea groups is 1. The van der Waals surface area contributed by atoms with E-state index in [-0.39, 0.29) is 43.8 Å². The molecule has 4 amide bonds. The van der Waals surface area contributed by atoms with Crippen LogP contribution in [-0.2, 0) is 39.0 Å². The zero-order valence-electron chi connectivity index (χ0n) is 33.6. The van der Waals surface area contributed by atoms with E-state index in [1.807, 2.05) is 56.1 Å². The molecule has 0 saturated carbocycles. The number of benzene rings is 2. The van der Waals surface area contributed by atoms with E-state index in [1.54, 1.807) is 22.9 Å². The molecule has 4 aliphatic rings. The van der Waals surface area contributed by atoms with E-state index in [2.05, 4.69) is 17.1 Å². The quantitative estimate of drug-likeness (QED) is 0.273. The predicted molar refractivity (Wildman–Crippen MR) is 219 cm³/mol. The fourth-order valence-electron chi connectivity index (χ4n) is 8.33. The lowest BCUT2D eigenvalue weighted by molar-refractivity contribution is -0.148. The molecule has 1 N–H and O–H groups in total. The van der Waals surface area contributed by atoms with Crippen LogP contribution in [0.3, 0.4) is 0 Å². The number of aryl methyl sites for hydroxylation is 2. The third-order valence-electron chi connectivity index (χ3n) is 11.7. The van der Waals surface area contributed by atoms with Crippen LogP contribution in [0.1, 0.15) is 82.9 Å². The predicted octanol–water partition coefficient (Wildman–Crippen LogP) is 5.97. The molecule has 14 heteroatoms. The molecule has 2 aromatic carbocycles. The summed E-state index contributed by atoms with van der Waals surface area (Å²) in [5.41, 5.74) is 4.72. The molecule has 0 spiro atoms. The van der Waals surface area contributed by atoms with Crippen molar-refractivity contribution in [2.24, 2.45) is 13.0 Å². The van der Waals surface area contributed by atoms with Gasteiger partial charge >= 0.3 is 23.8 Å². The van der Waals surface area contributed by atoms with Gasteiger partial charge in [-0.25, -0.2) is 14.4 Å². The van der Waals surface area contributed by atoms with Crippen molar-refractivity contribution in [3.05, 3.63) is 63.6 Å². The number of likely N-dealkylation sites (tertiary alicyclic amines) is 3. The number of aromatic nitrogens is 1. The monoisotopic (exact) mass is 790 g/mol. The van der Waals surface area contributed by atoms with Crippen molar-refractivity contribution < 1.29 is 33.1 Å². The zero-order valence-corrected chi connectivity index (χ0v) is 33.6. The molecule has 1 aromatic heterocycles. The first-order chi connectivity index (χ1) is 26.9. The molecule has 3 saturated heterocycles. The summed E-state index contributed by atoms with van der Waals surface area (Å²) in [6, 6.07) is 11.5. The third-order valence-corrected chi connectivity index (χ3v) is 11.7. The average Bonchev–Trinajstić information content (AvgIpc) is 3.69. The minimum Gasteiger partial charge on any atom is -0.465 e. The number of anilines is 1. The summed E-state index contributed by atoms with van der Waals surface area (Å²) in [7, 11) is 3.64. The summed E-state index contributed by atoms with van der Waals surface area (Å²) in [6.07, 6.45) is 5.48. The van der Waals surface area contributed by atoms with Gasteiger partial charge in [-0.1, -0.05) is 45.5 Å². The van der Waals surface area contributed by atoms with Gasteiger partial charge in [0.25, 0.3) is 5.91 Å². The molecular formula is C43H62N6O8. The highest BCUT2D eigenvalue weighted by atomic mass is 16.6. The molecule has 0 aliphatic carbocycles. The Morgan fingerprint density at radius 1 is 0.930 bits per heavy atom. The Balaban J connectivity index is 0.000000410. The number of carbonyl (C=O) groups is 4. The minimum atomic E-state index is -1.00. The lowest BCUT2D eigenvalue weighted by Gasteiger charge is -2.38. The molecule has 3 fully saturated rings. The number of esters is 1. The number of ether oxygens (including phenoxy) is 2. The number of nitrogens with zero attached hydrogens (tertiary/aromatic N) is 5. The van der Waals surface area contributed by atoms with E-state index < -0.39 is 18.0 Å². The number of oxazole rings is 1. The van der Waals surface area contributed by atoms with E-state index in [0.29, 0.717) is 69.2 Å². The van der Waals surface area contributed by atoms with Crippen molar-refractivity contribution in [2.75, 3.05) is 58.2 Å². The standard InChI is InChI=1S/C33H41N5O6.C9H17NO2.CH4/c1-21-8-13-36(14-9-21)30(39)28(20-23-18-22(2)29-27(19-23)43-32(41)35(29)3)44-33(42)37-15-11-25(12-16-37)38-17-10-24-6-4-5-7-26(24)34-31(38)40;1-3-7-12-9(11)8-5-4-6-10(8)2;/h4-7,18-19,21,25,28H,8-17,20H2,1-3H3,(H,34,40);8H,3-7H2,1-2H3;1H4/t28-;8-;/m10./s1. The number of fused-ring (bicyclic) bond motifs is 2. The first-order valence-corrected chi connectivity index (χ1v) is 20.3. The van der Waals surface area contributed by atoms with E-state index in [0.717, 1.165) is 67.4 Å². The number of para-hydroxylation sites is 1. The second-order valence-corrected chi connectivity index (χ2v) is 15.8. The smallest absolute Gasteiger partial charge is 0.419 e. The van der Waals surface area contributed by atoms with Crippen LogP contribution in [0.2, 0.25) is 0 Å². The van der Waals surface area contributed by atoms with E-state index in [1.165, 1.54) is 4.57 Å². The van der Waals surface area contributed by atoms with Gasteiger partial charge in [-0.2, -0.15) is 0 Å². The molecule has 57 heavy (non-hydrogen) atoms. The van der Waals surface area contributed by atoms with Crippen LogP contribution >= 0.6 is 0 Å². The van der Waals surface area contributed by atoms with Crippen molar-refractivity contribution in [3.8, 4) is 0 Å². The maximum Gasteiger partial charge on any atom is 0.419 e. The minimum absolute atomic E-state index is 0. The van der Waals surface area contributed by atoms with Crippen molar-refractivity contribution >= 4 is 40.8 Å². The molecule has 2 atom stereocenters. The molecule has 14 nitrogen and oxygen atoms in total. The number of likely N-dealkylation sites (N-methyl/N-ethyl adjacent to an activating group) is 1. The Labute approximate surface area is 336 Å². The van der Waals surface area contributed by atoms with Crippen LogP contribution in [0, 0.1) is 12.8 Å². The van der Waals surface area contributed by atoms with Crippen LogP contribution in [0.4, 0.5) is 15.3 Å². The van der Waals surface area contributed by atoms with E-state index in [9.17, 15) is 24.0 Å². The molecular weight excluding hydrogens is 729 g/mol. The van der Waals surface area contributed by atoms with Crippen LogP contribution in [-0.4, -0.2) is 119 Å². The van der Waals surface area contributed by atoms with Gasteiger partial charge in [0.1, 0.15) is 6.04 Å². The van der Waals surface area contributed by atoms with Gasteiger partial charge in [-0.3, -0.25) is 19.1 Å². The van der Waals surface area contributed by atoms with E-state index >= 15 is 0 Å². The summed E-state index contributed by atoms with van der Waals surface area (Å²) in [5, 5.41) is 3.03. The molecule has 4 aliphatic heterocycles. The van der Waals surface area contributed by atoms with Gasteiger partial charge in [0.15, 0.2) is 11.7 Å². The molecule has 3 aromatic rings. The van der Waals surface area contributed by atoms with Gasteiger partial charge in [0.05, 0.1) is 12.1 Å². The fraction of sp³-hybridized carbons (Fsp3) is 0.605. The summed E-state index contributed by atoms with van der Waals surface area (Å²) in [5.74, 6) is -0.148. The largest absolute Gasteiger partial charge is 0.465 e. The van der Waals surface area contributed by atoms with Gasteiger partial charge in [-0.05, 0) is 107 Å². The summed E-state index contributed by atoms with van der Waals surface area (Å²) >= 11 is 0. The molecule has 0 radical (unpaired) electrons. The molecule has 5 heterocycles. The number of carbonyl (C=O) groups excluding carboxylic acids is 4. The number of hydrogen-bond donors (Lipinski definition) is 1. The second-order valence-electron chi connectivity index (χ2n) is 15.8. The van der Waals surface area contributed by atoms with Gasteiger partial charge in [-0.15, -0.1) is 0 Å². The number of rotatable bonds is 8. The lowest BCUT2D eigenvalue weighted by Crippen LogP contribution is -2.51. The summed E-state index contributed by atoms with van der Waals surface area (Å²) in [4.78, 5) is 71.1. The van der Waals surface area contributed by atoms with Gasteiger partial charge in [0.2, 0.25) is 0 Å². The normalized spacial score (nSPS) is 19.8. The van der Waals surface area contributed by atoms with Gasteiger partial charge < -0.3 is 33.9 Å². The van der Waals surface area contributed by atoms with Crippen molar-refractivity contribution in [1.82, 2.24) is 24.2 Å². The van der Waals surface area contributed by atoms with Crippen LogP contribution in [0.25, 0.3) is 11.1 Å². The number of nitrogens with one attached hydrogen (secondary N) is 1. The van der Waals surface area contributed by atoms with Gasteiger partial charge in [0, 0.05) is 57.9 Å². The van der Waals surface area contributed by atoms with Crippen molar-refractivity contribution in [1.29, 1.82) is 0 Å². The average molecular weight is 791 g/mol. The number of amides is 4. The van der Waals surface area contributed by atoms with Crippen LogP contribution in [0.15, 0.2) is 45.6 Å². The molecule has 312 valence electrons. The maximum atomic E-state index is 13.8. The fourth-order valence-corrected chi connectivity index (χ4v) is 8.33. The van der Waals surface area contributed by atoms with Crippen molar-refractivity contribution in [2.45, 2.75) is 104 Å². The SMILES string of the molecule is C.CCCOC(=O)[C@@H]1CCCN1C.Cc1cc(C[C@@H](OC(=O)N2CCC(N3CCc4ccccc4NC3=O)CC2)C(=O)N2CCC(C)CC2)cc2oc(=O)n(C)c12. The molecule has 0 unspecified atom stereocenters. The lowest BCUT2D eigenvalue weighted by atomic mass is 9.98. The van der Waals surface area contributed by atoms with Crippen LogP contribution in [0.5, 0.6) is 0 Å². The third kappa shape index (κ3) is 10.4. The highest BCUT2D eigenvalue weighted by molar-refractivity contribution is 5.91. The molecule has 7 rings (SSSR count). The topological polar surface area (TPSA) is 147 Å². The summed E-state index contributed by atoms with van der Waals surface area (Å²) in [6.45, 7) is 10.4. The Morgan fingerprint density at radius 2 is 1.63 bits per heavy atom. The number of piperidine rings is 2. The second kappa shape index (κ2) is 19.5. The Hall–Kier alpha value is -4.85. The highest BCUT2D eigenvalue weighted by Crippen LogP contribution is 2.27. The highest BCUT2D eigenvalue weighted by Gasteiger charge is 2.35.